The van der Waals surface area contributed by atoms with E-state index in [0.29, 0.717) is 6.42 Å². The van der Waals surface area contributed by atoms with Crippen molar-refractivity contribution in [1.29, 1.82) is 5.26 Å². The quantitative estimate of drug-likeness (QED) is 0.800. The van der Waals surface area contributed by atoms with Crippen LogP contribution in [0.2, 0.25) is 0 Å². The molecule has 0 fully saturated rings. The molecule has 0 saturated carbocycles. The molecule has 1 unspecified atom stereocenters. The molecule has 1 aromatic carbocycles. The fourth-order valence-corrected chi connectivity index (χ4v) is 2.31. The lowest BCUT2D eigenvalue weighted by Crippen LogP contribution is -2.23. The number of nitriles is 1. The van der Waals surface area contributed by atoms with Gasteiger partial charge in [-0.1, -0.05) is 18.2 Å². The van der Waals surface area contributed by atoms with Crippen molar-refractivity contribution < 1.29 is 4.79 Å². The van der Waals surface area contributed by atoms with Gasteiger partial charge >= 0.3 is 0 Å². The lowest BCUT2D eigenvalue weighted by molar-refractivity contribution is -0.115. The van der Waals surface area contributed by atoms with E-state index < -0.39 is 0 Å². The lowest BCUT2D eigenvalue weighted by atomic mass is 10.2. The molecule has 18 heavy (non-hydrogen) atoms. The van der Waals surface area contributed by atoms with E-state index in [2.05, 4.69) is 11.4 Å². The van der Waals surface area contributed by atoms with Gasteiger partial charge < -0.3 is 5.32 Å². The number of carbonyl (C=O) groups is 1. The van der Waals surface area contributed by atoms with Gasteiger partial charge in [-0.15, -0.1) is 11.8 Å². The smallest absolute Gasteiger partial charge is 0.237 e. The molecule has 0 saturated heterocycles. The second-order valence-electron chi connectivity index (χ2n) is 4.08. The van der Waals surface area contributed by atoms with E-state index in [1.807, 2.05) is 38.1 Å². The number of amides is 1. The van der Waals surface area contributed by atoms with Crippen molar-refractivity contribution in [2.45, 2.75) is 31.9 Å². The molecule has 4 heteroatoms. The molecule has 3 nitrogen and oxygen atoms in total. The Hall–Kier alpha value is -1.47. The fourth-order valence-electron chi connectivity index (χ4n) is 1.43. The van der Waals surface area contributed by atoms with Crippen molar-refractivity contribution in [1.82, 2.24) is 0 Å². The maximum Gasteiger partial charge on any atom is 0.237 e. The topological polar surface area (TPSA) is 52.9 Å². The van der Waals surface area contributed by atoms with Gasteiger partial charge in [0.2, 0.25) is 5.91 Å². The molecule has 1 N–H and O–H groups in total. The number of nitrogens with zero attached hydrogens (tertiary/aromatic N) is 1. The van der Waals surface area contributed by atoms with E-state index in [4.69, 9.17) is 5.26 Å². The van der Waals surface area contributed by atoms with Gasteiger partial charge in [-0.2, -0.15) is 5.26 Å². The highest BCUT2D eigenvalue weighted by atomic mass is 32.2. The van der Waals surface area contributed by atoms with Gasteiger partial charge in [-0.25, -0.2) is 0 Å². The zero-order valence-electron chi connectivity index (χ0n) is 10.8. The highest BCUT2D eigenvalue weighted by Crippen LogP contribution is 2.17. The van der Waals surface area contributed by atoms with Crippen LogP contribution in [-0.2, 0) is 4.79 Å². The fraction of sp³-hybridized carbons (Fsp3) is 0.429. The predicted octanol–water partition coefficient (Wildman–Crippen LogP) is 3.36. The van der Waals surface area contributed by atoms with E-state index >= 15 is 0 Å². The minimum Gasteiger partial charge on any atom is -0.325 e. The summed E-state index contributed by atoms with van der Waals surface area (Å²) in [5, 5.41) is 11.3. The minimum atomic E-state index is -0.0942. The maximum atomic E-state index is 11.9. The van der Waals surface area contributed by atoms with Gasteiger partial charge in [0.1, 0.15) is 0 Å². The van der Waals surface area contributed by atoms with Crippen LogP contribution in [0.25, 0.3) is 0 Å². The largest absolute Gasteiger partial charge is 0.325 e. The van der Waals surface area contributed by atoms with Crippen LogP contribution in [0, 0.1) is 18.3 Å². The first-order chi connectivity index (χ1) is 8.65. The van der Waals surface area contributed by atoms with Crippen molar-refractivity contribution in [3.63, 3.8) is 0 Å². The second-order valence-corrected chi connectivity index (χ2v) is 5.53. The Morgan fingerprint density at radius 2 is 2.22 bits per heavy atom. The van der Waals surface area contributed by atoms with E-state index in [1.165, 1.54) is 0 Å². The van der Waals surface area contributed by atoms with Gasteiger partial charge in [0.25, 0.3) is 0 Å². The third-order valence-corrected chi connectivity index (χ3v) is 3.81. The number of thioether (sulfide) groups is 1. The van der Waals surface area contributed by atoms with Crippen LogP contribution in [0.5, 0.6) is 0 Å². The predicted molar refractivity (Wildman–Crippen MR) is 76.6 cm³/mol. The summed E-state index contributed by atoms with van der Waals surface area (Å²) in [4.78, 5) is 11.9. The summed E-state index contributed by atoms with van der Waals surface area (Å²) in [6.07, 6.45) is 1.39. The van der Waals surface area contributed by atoms with E-state index in [9.17, 15) is 4.79 Å². The lowest BCUT2D eigenvalue weighted by Gasteiger charge is -2.13. The van der Waals surface area contributed by atoms with Gasteiger partial charge in [0.15, 0.2) is 0 Å². The number of rotatable bonds is 6. The monoisotopic (exact) mass is 262 g/mol. The molecular formula is C14H18N2OS. The number of hydrogen-bond donors (Lipinski definition) is 1. The third kappa shape index (κ3) is 4.80. The number of hydrogen-bond acceptors (Lipinski definition) is 3. The molecular weight excluding hydrogens is 244 g/mol. The summed E-state index contributed by atoms with van der Waals surface area (Å²) in [6, 6.07) is 9.84. The Morgan fingerprint density at radius 3 is 2.89 bits per heavy atom. The highest BCUT2D eigenvalue weighted by Gasteiger charge is 2.13. The first kappa shape index (κ1) is 14.6. The van der Waals surface area contributed by atoms with Crippen molar-refractivity contribution >= 4 is 23.4 Å². The molecule has 1 atom stereocenters. The van der Waals surface area contributed by atoms with Crippen molar-refractivity contribution in [2.75, 3.05) is 11.1 Å². The van der Waals surface area contributed by atoms with Gasteiger partial charge in [0, 0.05) is 12.1 Å². The third-order valence-electron chi connectivity index (χ3n) is 2.57. The summed E-state index contributed by atoms with van der Waals surface area (Å²) in [6.45, 7) is 3.87. The summed E-state index contributed by atoms with van der Waals surface area (Å²) in [5.41, 5.74) is 1.93. The van der Waals surface area contributed by atoms with Gasteiger partial charge in [-0.3, -0.25) is 4.79 Å². The molecule has 1 rings (SSSR count). The summed E-state index contributed by atoms with van der Waals surface area (Å²) in [7, 11) is 0. The highest BCUT2D eigenvalue weighted by molar-refractivity contribution is 8.00. The zero-order valence-corrected chi connectivity index (χ0v) is 11.6. The van der Waals surface area contributed by atoms with Crippen LogP contribution in [-0.4, -0.2) is 16.9 Å². The Bertz CT molecular complexity index is 440. The molecule has 0 bridgehead atoms. The Kier molecular flexibility index (Phi) is 6.31. The van der Waals surface area contributed by atoms with Crippen molar-refractivity contribution in [3.05, 3.63) is 29.8 Å². The molecule has 0 heterocycles. The maximum absolute atomic E-state index is 11.9. The van der Waals surface area contributed by atoms with Crippen LogP contribution < -0.4 is 5.32 Å². The average molecular weight is 262 g/mol. The first-order valence-corrected chi connectivity index (χ1v) is 7.05. The number of benzene rings is 1. The number of aryl methyl sites for hydroxylation is 1. The SMILES string of the molecule is Cc1ccccc1NC(=O)C(C)SCCCC#N. The van der Waals surface area contributed by atoms with Gasteiger partial charge in [-0.05, 0) is 37.7 Å². The number of anilines is 1. The molecule has 0 aliphatic carbocycles. The molecule has 0 aromatic heterocycles. The Labute approximate surface area is 113 Å². The van der Waals surface area contributed by atoms with E-state index in [1.54, 1.807) is 11.8 Å². The Morgan fingerprint density at radius 1 is 1.50 bits per heavy atom. The van der Waals surface area contributed by atoms with Crippen LogP contribution in [0.1, 0.15) is 25.3 Å². The standard InChI is InChI=1S/C14H18N2OS/c1-11-7-3-4-8-13(11)16-14(17)12(2)18-10-6-5-9-15/h3-4,7-8,12H,5-6,10H2,1-2H3,(H,16,17). The summed E-state index contributed by atoms with van der Waals surface area (Å²) in [5.74, 6) is 0.863. The molecule has 1 amide bonds. The molecule has 0 spiro atoms. The molecule has 0 radical (unpaired) electrons. The Balaban J connectivity index is 2.41. The van der Waals surface area contributed by atoms with E-state index in [-0.39, 0.29) is 11.2 Å². The molecule has 0 aliphatic heterocycles. The number of para-hydroxylation sites is 1. The van der Waals surface area contributed by atoms with Crippen LogP contribution in [0.3, 0.4) is 0 Å². The van der Waals surface area contributed by atoms with Crippen molar-refractivity contribution in [3.8, 4) is 6.07 Å². The zero-order chi connectivity index (χ0) is 13.4. The second kappa shape index (κ2) is 7.78. The number of unbranched alkanes of at least 4 members (excludes halogenated alkanes) is 1. The molecule has 1 aromatic rings. The molecule has 96 valence electrons. The van der Waals surface area contributed by atoms with Gasteiger partial charge in [0.05, 0.1) is 11.3 Å². The first-order valence-electron chi connectivity index (χ1n) is 6.00. The summed E-state index contributed by atoms with van der Waals surface area (Å²) >= 11 is 1.59. The summed E-state index contributed by atoms with van der Waals surface area (Å²) < 4.78 is 0. The normalized spacial score (nSPS) is 11.6. The minimum absolute atomic E-state index is 0.0197. The average Bonchev–Trinajstić information content (AvgIpc) is 2.37. The molecule has 0 aliphatic rings. The van der Waals surface area contributed by atoms with E-state index in [0.717, 1.165) is 23.4 Å². The van der Waals surface area contributed by atoms with Crippen LogP contribution in [0.15, 0.2) is 24.3 Å². The van der Waals surface area contributed by atoms with Crippen LogP contribution >= 0.6 is 11.8 Å². The number of nitrogens with one attached hydrogen (secondary N) is 1. The van der Waals surface area contributed by atoms with Crippen molar-refractivity contribution in [2.24, 2.45) is 0 Å². The van der Waals surface area contributed by atoms with Crippen LogP contribution in [0.4, 0.5) is 5.69 Å². The number of carbonyl (C=O) groups excluding carboxylic acids is 1.